The van der Waals surface area contributed by atoms with Crippen molar-refractivity contribution in [2.45, 2.75) is 51.6 Å². The van der Waals surface area contributed by atoms with Gasteiger partial charge in [-0.15, -0.1) is 24.0 Å². The molecule has 0 aromatic carbocycles. The Hall–Kier alpha value is -1.25. The number of nitrogens with one attached hydrogen (secondary N) is 2. The molecular formula is C16H27IN4O2. The van der Waals surface area contributed by atoms with Gasteiger partial charge in [0.25, 0.3) is 5.91 Å². The number of furan rings is 1. The lowest BCUT2D eigenvalue weighted by atomic mass is 9.84. The molecule has 4 N–H and O–H groups in total. The molecule has 1 saturated carbocycles. The van der Waals surface area contributed by atoms with Gasteiger partial charge in [-0.1, -0.05) is 26.2 Å². The van der Waals surface area contributed by atoms with E-state index < -0.39 is 5.91 Å². The van der Waals surface area contributed by atoms with Gasteiger partial charge < -0.3 is 20.8 Å². The SMILES string of the molecule is CCC1CCCC(NC(=NC)NCc2ccc(C(N)=O)o2)C1.I. The minimum absolute atomic E-state index is 0. The molecule has 1 heterocycles. The Kier molecular flexibility index (Phi) is 8.43. The van der Waals surface area contributed by atoms with Crippen molar-refractivity contribution in [1.82, 2.24) is 10.6 Å². The highest BCUT2D eigenvalue weighted by atomic mass is 127. The summed E-state index contributed by atoms with van der Waals surface area (Å²) in [7, 11) is 1.76. The standard InChI is InChI=1S/C16H26N4O2.HI/c1-3-11-5-4-6-12(9-11)20-16(18-2)19-10-13-7-8-14(22-13)15(17)21;/h7-8,11-12H,3-6,9-10H2,1-2H3,(H2,17,21)(H2,18,19,20);1H. The molecule has 6 nitrogen and oxygen atoms in total. The summed E-state index contributed by atoms with van der Waals surface area (Å²) >= 11 is 0. The van der Waals surface area contributed by atoms with Crippen LogP contribution in [0.3, 0.4) is 0 Å². The molecule has 2 rings (SSSR count). The van der Waals surface area contributed by atoms with E-state index in [1.54, 1.807) is 19.2 Å². The maximum absolute atomic E-state index is 11.0. The van der Waals surface area contributed by atoms with E-state index in [1.165, 1.54) is 32.1 Å². The molecule has 1 aliphatic rings. The molecule has 1 amide bonds. The van der Waals surface area contributed by atoms with Crippen LogP contribution < -0.4 is 16.4 Å². The van der Waals surface area contributed by atoms with Crippen molar-refractivity contribution >= 4 is 35.8 Å². The van der Waals surface area contributed by atoms with E-state index in [0.717, 1.165) is 11.9 Å². The van der Waals surface area contributed by atoms with Gasteiger partial charge in [-0.05, 0) is 30.9 Å². The Morgan fingerprint density at radius 2 is 2.22 bits per heavy atom. The van der Waals surface area contributed by atoms with Gasteiger partial charge in [-0.3, -0.25) is 9.79 Å². The summed E-state index contributed by atoms with van der Waals surface area (Å²) in [4.78, 5) is 15.3. The highest BCUT2D eigenvalue weighted by Crippen LogP contribution is 2.26. The quantitative estimate of drug-likeness (QED) is 0.378. The maximum Gasteiger partial charge on any atom is 0.284 e. The highest BCUT2D eigenvalue weighted by molar-refractivity contribution is 14.0. The number of aliphatic imine (C=N–C) groups is 1. The minimum Gasteiger partial charge on any atom is -0.454 e. The summed E-state index contributed by atoms with van der Waals surface area (Å²) in [5.41, 5.74) is 5.17. The third-order valence-electron chi connectivity index (χ3n) is 4.26. The third kappa shape index (κ3) is 6.04. The average molecular weight is 434 g/mol. The molecule has 1 aromatic rings. The number of nitrogens with two attached hydrogens (primary N) is 1. The molecule has 23 heavy (non-hydrogen) atoms. The van der Waals surface area contributed by atoms with Crippen molar-refractivity contribution in [3.63, 3.8) is 0 Å². The number of carbonyl (C=O) groups excluding carboxylic acids is 1. The van der Waals surface area contributed by atoms with E-state index in [1.807, 2.05) is 0 Å². The van der Waals surface area contributed by atoms with E-state index in [4.69, 9.17) is 10.2 Å². The topological polar surface area (TPSA) is 92.6 Å². The number of hydrogen-bond donors (Lipinski definition) is 3. The van der Waals surface area contributed by atoms with E-state index >= 15 is 0 Å². The van der Waals surface area contributed by atoms with Gasteiger partial charge in [0.1, 0.15) is 5.76 Å². The summed E-state index contributed by atoms with van der Waals surface area (Å²) < 4.78 is 5.34. The summed E-state index contributed by atoms with van der Waals surface area (Å²) in [6.07, 6.45) is 6.23. The smallest absolute Gasteiger partial charge is 0.284 e. The van der Waals surface area contributed by atoms with Gasteiger partial charge in [0.2, 0.25) is 0 Å². The molecule has 0 bridgehead atoms. The number of rotatable bonds is 5. The van der Waals surface area contributed by atoms with Crippen LogP contribution in [0, 0.1) is 5.92 Å². The predicted molar refractivity (Wildman–Crippen MR) is 102 cm³/mol. The maximum atomic E-state index is 11.0. The Balaban J connectivity index is 0.00000264. The lowest BCUT2D eigenvalue weighted by Crippen LogP contribution is -2.44. The molecule has 0 spiro atoms. The molecule has 1 aromatic heterocycles. The monoisotopic (exact) mass is 434 g/mol. The molecule has 0 radical (unpaired) electrons. The number of carbonyl (C=O) groups is 1. The minimum atomic E-state index is -0.554. The van der Waals surface area contributed by atoms with Crippen molar-refractivity contribution in [2.24, 2.45) is 16.6 Å². The zero-order valence-electron chi connectivity index (χ0n) is 13.8. The van der Waals surface area contributed by atoms with Crippen molar-refractivity contribution in [3.05, 3.63) is 23.7 Å². The Labute approximate surface area is 154 Å². The number of halogens is 1. The first-order valence-electron chi connectivity index (χ1n) is 7.98. The normalized spacial score (nSPS) is 21.4. The Morgan fingerprint density at radius 3 is 2.83 bits per heavy atom. The van der Waals surface area contributed by atoms with Crippen LogP contribution in [0.2, 0.25) is 0 Å². The highest BCUT2D eigenvalue weighted by Gasteiger charge is 2.21. The van der Waals surface area contributed by atoms with Crippen LogP contribution >= 0.6 is 24.0 Å². The van der Waals surface area contributed by atoms with Crippen LogP contribution in [0.1, 0.15) is 55.3 Å². The second kappa shape index (κ2) is 9.79. The Bertz CT molecular complexity index is 530. The van der Waals surface area contributed by atoms with Crippen molar-refractivity contribution in [3.8, 4) is 0 Å². The molecule has 2 atom stereocenters. The second-order valence-corrected chi connectivity index (χ2v) is 5.84. The van der Waals surface area contributed by atoms with Gasteiger partial charge in [0.15, 0.2) is 11.7 Å². The second-order valence-electron chi connectivity index (χ2n) is 5.84. The summed E-state index contributed by atoms with van der Waals surface area (Å²) in [6, 6.07) is 3.80. The van der Waals surface area contributed by atoms with Crippen molar-refractivity contribution < 1.29 is 9.21 Å². The molecule has 7 heteroatoms. The van der Waals surface area contributed by atoms with Gasteiger partial charge in [0.05, 0.1) is 6.54 Å². The first-order valence-corrected chi connectivity index (χ1v) is 7.98. The molecular weight excluding hydrogens is 407 g/mol. The fourth-order valence-corrected chi connectivity index (χ4v) is 2.96. The summed E-state index contributed by atoms with van der Waals surface area (Å²) in [5.74, 6) is 1.86. The first kappa shape index (κ1) is 19.8. The largest absolute Gasteiger partial charge is 0.454 e. The van der Waals surface area contributed by atoms with Gasteiger partial charge in [-0.2, -0.15) is 0 Å². The number of primary amides is 1. The van der Waals surface area contributed by atoms with E-state index in [9.17, 15) is 4.79 Å². The third-order valence-corrected chi connectivity index (χ3v) is 4.26. The van der Waals surface area contributed by atoms with E-state index in [-0.39, 0.29) is 29.7 Å². The zero-order chi connectivity index (χ0) is 15.9. The van der Waals surface area contributed by atoms with Gasteiger partial charge in [0, 0.05) is 13.1 Å². The lowest BCUT2D eigenvalue weighted by Gasteiger charge is -2.30. The van der Waals surface area contributed by atoms with Crippen LogP contribution in [0.15, 0.2) is 21.5 Å². The van der Waals surface area contributed by atoms with Crippen LogP contribution in [0.25, 0.3) is 0 Å². The molecule has 130 valence electrons. The number of guanidine groups is 1. The number of amides is 1. The van der Waals surface area contributed by atoms with Crippen LogP contribution in [-0.2, 0) is 6.54 Å². The van der Waals surface area contributed by atoms with Crippen LogP contribution in [0.5, 0.6) is 0 Å². The zero-order valence-corrected chi connectivity index (χ0v) is 16.1. The predicted octanol–water partition coefficient (Wildman–Crippen LogP) is 2.63. The summed E-state index contributed by atoms with van der Waals surface area (Å²) in [5, 5.41) is 6.69. The molecule has 2 unspecified atom stereocenters. The molecule has 0 aliphatic heterocycles. The van der Waals surface area contributed by atoms with Crippen molar-refractivity contribution in [1.29, 1.82) is 0 Å². The fraction of sp³-hybridized carbons (Fsp3) is 0.625. The van der Waals surface area contributed by atoms with E-state index in [0.29, 0.717) is 18.3 Å². The molecule has 1 aliphatic carbocycles. The van der Waals surface area contributed by atoms with E-state index in [2.05, 4.69) is 22.5 Å². The van der Waals surface area contributed by atoms with Crippen LogP contribution in [0.4, 0.5) is 0 Å². The summed E-state index contributed by atoms with van der Waals surface area (Å²) in [6.45, 7) is 2.73. The average Bonchev–Trinajstić information content (AvgIpc) is 3.01. The lowest BCUT2D eigenvalue weighted by molar-refractivity contribution is 0.0972. The van der Waals surface area contributed by atoms with Gasteiger partial charge in [-0.25, -0.2) is 0 Å². The first-order chi connectivity index (χ1) is 10.6. The molecule has 1 fully saturated rings. The number of nitrogens with zero attached hydrogens (tertiary/aromatic N) is 1. The van der Waals surface area contributed by atoms with Crippen LogP contribution in [-0.4, -0.2) is 25.0 Å². The number of hydrogen-bond acceptors (Lipinski definition) is 3. The van der Waals surface area contributed by atoms with Gasteiger partial charge >= 0.3 is 0 Å². The van der Waals surface area contributed by atoms with Crippen molar-refractivity contribution in [2.75, 3.05) is 7.05 Å². The Morgan fingerprint density at radius 1 is 1.43 bits per heavy atom. The molecule has 0 saturated heterocycles. The fourth-order valence-electron chi connectivity index (χ4n) is 2.96.